The van der Waals surface area contributed by atoms with Gasteiger partial charge in [0.25, 0.3) is 0 Å². The van der Waals surface area contributed by atoms with Crippen LogP contribution < -0.4 is 0 Å². The average Bonchev–Trinajstić information content (AvgIpc) is 3.08. The third-order valence-electron chi connectivity index (χ3n) is 7.26. The highest BCUT2D eigenvalue weighted by Gasteiger charge is 2.41. The number of rotatable bonds is 10. The van der Waals surface area contributed by atoms with E-state index in [0.717, 1.165) is 43.2 Å². The summed E-state index contributed by atoms with van der Waals surface area (Å²) in [5.74, 6) is 0.381. The second-order valence-corrected chi connectivity index (χ2v) is 10.7. The number of alkyl halides is 1. The fraction of sp³-hybridized carbons (Fsp3) is 0.679. The van der Waals surface area contributed by atoms with Crippen LogP contribution in [-0.4, -0.2) is 33.8 Å². The molecule has 5 unspecified atom stereocenters. The van der Waals surface area contributed by atoms with Crippen molar-refractivity contribution in [2.45, 2.75) is 108 Å². The molecule has 1 aromatic rings. The molecule has 184 valence electrons. The Balaban J connectivity index is 1.54. The van der Waals surface area contributed by atoms with Gasteiger partial charge < -0.3 is 14.9 Å². The van der Waals surface area contributed by atoms with Crippen molar-refractivity contribution in [3.63, 3.8) is 0 Å². The highest BCUT2D eigenvalue weighted by molar-refractivity contribution is 6.21. The van der Waals surface area contributed by atoms with E-state index in [-0.39, 0.29) is 29.3 Å². The van der Waals surface area contributed by atoms with Gasteiger partial charge in [-0.3, -0.25) is 4.79 Å². The van der Waals surface area contributed by atoms with Crippen LogP contribution in [0.25, 0.3) is 0 Å². The number of allylic oxidation sites excluding steroid dienone is 2. The number of halogens is 1. The van der Waals surface area contributed by atoms with Gasteiger partial charge in [0.2, 0.25) is 0 Å². The molecule has 0 bridgehead atoms. The molecule has 2 saturated carbocycles. The summed E-state index contributed by atoms with van der Waals surface area (Å²) in [6.07, 6.45) is 12.7. The fourth-order valence-electron chi connectivity index (χ4n) is 5.52. The van der Waals surface area contributed by atoms with Crippen LogP contribution in [0.5, 0.6) is 0 Å². The highest BCUT2D eigenvalue weighted by Crippen LogP contribution is 2.45. The van der Waals surface area contributed by atoms with Crippen molar-refractivity contribution in [1.82, 2.24) is 0 Å². The van der Waals surface area contributed by atoms with Gasteiger partial charge in [-0.15, -0.1) is 11.6 Å². The number of unbranched alkanes of at least 4 members (excludes halogenated alkanes) is 1. The number of benzene rings is 1. The molecule has 0 spiro atoms. The fourth-order valence-corrected chi connectivity index (χ4v) is 5.96. The minimum Gasteiger partial charge on any atom is -0.463 e. The second-order valence-electron chi connectivity index (χ2n) is 10.2. The van der Waals surface area contributed by atoms with Gasteiger partial charge in [-0.1, -0.05) is 55.7 Å². The van der Waals surface area contributed by atoms with Crippen molar-refractivity contribution in [3.05, 3.63) is 47.5 Å². The van der Waals surface area contributed by atoms with E-state index < -0.39 is 12.2 Å². The third kappa shape index (κ3) is 7.56. The van der Waals surface area contributed by atoms with Crippen LogP contribution in [0.2, 0.25) is 0 Å². The predicted octanol–water partition coefficient (Wildman–Crippen LogP) is 6.44. The average molecular weight is 477 g/mol. The Labute approximate surface area is 204 Å². The molecule has 0 aromatic heterocycles. The number of ether oxygens (including phenoxy) is 1. The van der Waals surface area contributed by atoms with Crippen LogP contribution in [0.1, 0.15) is 101 Å². The van der Waals surface area contributed by atoms with Crippen LogP contribution in [0, 0.1) is 11.8 Å². The lowest BCUT2D eigenvalue weighted by molar-refractivity contribution is -0.147. The molecule has 5 atom stereocenters. The zero-order valence-electron chi connectivity index (χ0n) is 20.2. The van der Waals surface area contributed by atoms with E-state index in [9.17, 15) is 15.0 Å². The lowest BCUT2D eigenvalue weighted by Gasteiger charge is -2.27. The summed E-state index contributed by atoms with van der Waals surface area (Å²) in [5.41, 5.74) is 2.08. The Morgan fingerprint density at radius 1 is 1.15 bits per heavy atom. The summed E-state index contributed by atoms with van der Waals surface area (Å²) >= 11 is 6.64. The lowest BCUT2D eigenvalue weighted by Crippen LogP contribution is -2.19. The smallest absolute Gasteiger partial charge is 0.306 e. The topological polar surface area (TPSA) is 66.8 Å². The van der Waals surface area contributed by atoms with Crippen LogP contribution in [-0.2, 0) is 9.53 Å². The monoisotopic (exact) mass is 476 g/mol. The van der Waals surface area contributed by atoms with E-state index in [1.807, 2.05) is 26.0 Å². The molecule has 0 heterocycles. The maximum Gasteiger partial charge on any atom is 0.306 e. The second kappa shape index (κ2) is 12.9. The molecule has 3 rings (SSSR count). The highest BCUT2D eigenvalue weighted by atomic mass is 35.5. The van der Waals surface area contributed by atoms with Crippen LogP contribution >= 0.6 is 11.6 Å². The van der Waals surface area contributed by atoms with Gasteiger partial charge in [0.1, 0.15) is 0 Å². The Morgan fingerprint density at radius 2 is 1.85 bits per heavy atom. The van der Waals surface area contributed by atoms with Crippen LogP contribution in [0.3, 0.4) is 0 Å². The lowest BCUT2D eigenvalue weighted by atomic mass is 9.81. The number of hydrogen-bond acceptors (Lipinski definition) is 4. The van der Waals surface area contributed by atoms with Crippen molar-refractivity contribution >= 4 is 17.6 Å². The minimum absolute atomic E-state index is 0.000886. The number of esters is 1. The molecular formula is C28H41ClO4. The molecule has 2 N–H and O–H groups in total. The summed E-state index contributed by atoms with van der Waals surface area (Å²) in [4.78, 5) is 11.6. The summed E-state index contributed by atoms with van der Waals surface area (Å²) in [7, 11) is 0. The number of hydrogen-bond donors (Lipinski definition) is 2. The van der Waals surface area contributed by atoms with E-state index >= 15 is 0 Å². The van der Waals surface area contributed by atoms with Gasteiger partial charge in [-0.25, -0.2) is 0 Å². The van der Waals surface area contributed by atoms with Gasteiger partial charge in [-0.05, 0) is 75.3 Å². The number of carbonyl (C=O) groups excluding carboxylic acids is 1. The van der Waals surface area contributed by atoms with Gasteiger partial charge >= 0.3 is 5.97 Å². The van der Waals surface area contributed by atoms with Crippen LogP contribution in [0.15, 0.2) is 36.4 Å². The first-order chi connectivity index (χ1) is 15.9. The zero-order chi connectivity index (χ0) is 23.8. The standard InChI is InChI=1S/C28H41ClO4/c1-19(2)33-26(31)13-9-4-3-8-12-23-24(29)18-25(30)27(23)20-14-16-22(17-15-20)28(32)21-10-6-5-7-11-21/h3,8,14-17,19,21,23-25,27-28,30,32H,4-7,9-13,18H2,1-2H3/b8-3-. The molecular weight excluding hydrogens is 436 g/mol. The van der Waals surface area contributed by atoms with Gasteiger partial charge in [0.15, 0.2) is 0 Å². The maximum absolute atomic E-state index is 11.6. The largest absolute Gasteiger partial charge is 0.463 e. The molecule has 2 aliphatic carbocycles. The summed E-state index contributed by atoms with van der Waals surface area (Å²) in [6, 6.07) is 8.21. The quantitative estimate of drug-likeness (QED) is 0.176. The molecule has 1 aromatic carbocycles. The molecule has 0 amide bonds. The molecule has 0 aliphatic heterocycles. The predicted molar refractivity (Wildman–Crippen MR) is 133 cm³/mol. The number of carbonyl (C=O) groups is 1. The van der Waals surface area contributed by atoms with E-state index in [2.05, 4.69) is 24.3 Å². The molecule has 33 heavy (non-hydrogen) atoms. The van der Waals surface area contributed by atoms with Crippen molar-refractivity contribution < 1.29 is 19.7 Å². The first kappa shape index (κ1) is 26.2. The molecule has 0 radical (unpaired) electrons. The van der Waals surface area contributed by atoms with Crippen molar-refractivity contribution in [1.29, 1.82) is 0 Å². The molecule has 0 saturated heterocycles. The Kier molecular flexibility index (Phi) is 10.3. The van der Waals surface area contributed by atoms with E-state index in [1.54, 1.807) is 0 Å². The molecule has 4 nitrogen and oxygen atoms in total. The van der Waals surface area contributed by atoms with E-state index in [0.29, 0.717) is 18.8 Å². The number of aliphatic hydroxyl groups excluding tert-OH is 2. The third-order valence-corrected chi connectivity index (χ3v) is 7.76. The minimum atomic E-state index is -0.453. The molecule has 2 aliphatic rings. The van der Waals surface area contributed by atoms with Crippen molar-refractivity contribution in [3.8, 4) is 0 Å². The summed E-state index contributed by atoms with van der Waals surface area (Å²) < 4.78 is 5.16. The van der Waals surface area contributed by atoms with Gasteiger partial charge in [-0.2, -0.15) is 0 Å². The Hall–Kier alpha value is -1.36. The van der Waals surface area contributed by atoms with Crippen LogP contribution in [0.4, 0.5) is 0 Å². The van der Waals surface area contributed by atoms with Crippen molar-refractivity contribution in [2.24, 2.45) is 11.8 Å². The Bertz CT molecular complexity index is 754. The van der Waals surface area contributed by atoms with Gasteiger partial charge in [0, 0.05) is 17.7 Å². The van der Waals surface area contributed by atoms with E-state index in [1.165, 1.54) is 19.3 Å². The SMILES string of the molecule is CC(C)OC(=O)CCC/C=C\CC1C(Cl)CC(O)C1c1ccc(C(O)C2CCCCC2)cc1. The molecule has 2 fully saturated rings. The van der Waals surface area contributed by atoms with E-state index in [4.69, 9.17) is 16.3 Å². The zero-order valence-corrected chi connectivity index (χ0v) is 20.9. The first-order valence-electron chi connectivity index (χ1n) is 12.8. The first-order valence-corrected chi connectivity index (χ1v) is 13.2. The van der Waals surface area contributed by atoms with Crippen molar-refractivity contribution in [2.75, 3.05) is 0 Å². The summed E-state index contributed by atoms with van der Waals surface area (Å²) in [5, 5.41) is 21.5. The maximum atomic E-state index is 11.6. The van der Waals surface area contributed by atoms with Gasteiger partial charge in [0.05, 0.1) is 18.3 Å². The summed E-state index contributed by atoms with van der Waals surface area (Å²) in [6.45, 7) is 3.72. The number of aliphatic hydroxyl groups is 2. The Morgan fingerprint density at radius 3 is 2.52 bits per heavy atom. The normalized spacial score (nSPS) is 27.3. The molecule has 5 heteroatoms.